The molecule has 40 heavy (non-hydrogen) atoms. The Labute approximate surface area is 239 Å². The van der Waals surface area contributed by atoms with Crippen molar-refractivity contribution in [1.82, 2.24) is 15.5 Å². The third kappa shape index (κ3) is 6.59. The van der Waals surface area contributed by atoms with Crippen molar-refractivity contribution in [3.05, 3.63) is 107 Å². The lowest BCUT2D eigenvalue weighted by atomic mass is 9.72. The Morgan fingerprint density at radius 2 is 1.98 bits per heavy atom. The smallest absolute Gasteiger partial charge is 0.0823 e. The van der Waals surface area contributed by atoms with Crippen molar-refractivity contribution in [2.45, 2.75) is 71.3 Å². The van der Waals surface area contributed by atoms with Crippen LogP contribution in [-0.4, -0.2) is 41.3 Å². The van der Waals surface area contributed by atoms with Gasteiger partial charge in [-0.2, -0.15) is 5.10 Å². The maximum Gasteiger partial charge on any atom is 0.0823 e. The standard InChI is InChI=1S/C35H43N5/c1-4-28(15-14-26(3)22-36-25-35(5-2)17-10-7-11-18-35)34-30(29-12-8-6-9-13-29)21-31-32(40-34)16-19-37-33(31)20-27-23-38-39-24-27/h4,6,8-9,12-15,19,21,23-24,32,36H,3,5,7,10-11,16-18,20,22,25H2,1-2H3,(H,38,39)/b15-14-,28-4+. The number of nitrogens with zero attached hydrogens (tertiary/aromatic N) is 3. The molecule has 5 rings (SSSR count). The van der Waals surface area contributed by atoms with Gasteiger partial charge in [0.15, 0.2) is 0 Å². The molecule has 0 saturated heterocycles. The second-order valence-corrected chi connectivity index (χ2v) is 11.4. The zero-order valence-corrected chi connectivity index (χ0v) is 24.1. The van der Waals surface area contributed by atoms with E-state index in [1.165, 1.54) is 44.1 Å². The summed E-state index contributed by atoms with van der Waals surface area (Å²) in [6.07, 6.45) is 24.3. The van der Waals surface area contributed by atoms with Crippen LogP contribution in [-0.2, 0) is 6.42 Å². The molecule has 0 spiro atoms. The fraction of sp³-hybridized carbons (Fsp3) is 0.400. The van der Waals surface area contributed by atoms with Crippen molar-refractivity contribution >= 4 is 17.5 Å². The third-order valence-electron chi connectivity index (χ3n) is 8.72. The third-order valence-corrected chi connectivity index (χ3v) is 8.72. The Morgan fingerprint density at radius 1 is 1.15 bits per heavy atom. The van der Waals surface area contributed by atoms with Gasteiger partial charge in [-0.1, -0.05) is 81.3 Å². The molecule has 3 heterocycles. The summed E-state index contributed by atoms with van der Waals surface area (Å²) in [7, 11) is 0. The molecule has 1 aromatic heterocycles. The van der Waals surface area contributed by atoms with E-state index in [4.69, 9.17) is 9.98 Å². The van der Waals surface area contributed by atoms with Crippen LogP contribution in [0.25, 0.3) is 5.57 Å². The molecule has 208 valence electrons. The molecule has 5 heteroatoms. The van der Waals surface area contributed by atoms with Crippen molar-refractivity contribution in [2.24, 2.45) is 15.4 Å². The van der Waals surface area contributed by atoms with E-state index in [0.29, 0.717) is 5.41 Å². The minimum absolute atomic E-state index is 0.0656. The van der Waals surface area contributed by atoms with Crippen LogP contribution in [0.2, 0.25) is 0 Å². The quantitative estimate of drug-likeness (QED) is 0.292. The molecule has 1 aliphatic carbocycles. The molecule has 1 atom stereocenters. The highest BCUT2D eigenvalue weighted by atomic mass is 15.1. The van der Waals surface area contributed by atoms with Crippen molar-refractivity contribution < 1.29 is 0 Å². The first kappa shape index (κ1) is 28.0. The molecule has 2 N–H and O–H groups in total. The molecule has 5 nitrogen and oxygen atoms in total. The maximum absolute atomic E-state index is 5.34. The van der Waals surface area contributed by atoms with E-state index in [2.05, 4.69) is 90.6 Å². The van der Waals surface area contributed by atoms with Crippen molar-refractivity contribution in [1.29, 1.82) is 0 Å². The van der Waals surface area contributed by atoms with E-state index in [9.17, 15) is 0 Å². The predicted octanol–water partition coefficient (Wildman–Crippen LogP) is 7.60. The topological polar surface area (TPSA) is 65.4 Å². The van der Waals surface area contributed by atoms with Crippen LogP contribution in [0, 0.1) is 5.41 Å². The number of aromatic amines is 1. The van der Waals surface area contributed by atoms with E-state index in [1.54, 1.807) is 0 Å². The van der Waals surface area contributed by atoms with Crippen LogP contribution in [0.5, 0.6) is 0 Å². The molecule has 1 fully saturated rings. The molecular formula is C35H43N5. The van der Waals surface area contributed by atoms with Gasteiger partial charge in [-0.05, 0) is 65.5 Å². The summed E-state index contributed by atoms with van der Waals surface area (Å²) in [4.78, 5) is 10.1. The van der Waals surface area contributed by atoms with Gasteiger partial charge in [0.2, 0.25) is 0 Å². The highest BCUT2D eigenvalue weighted by Crippen LogP contribution is 2.38. The lowest BCUT2D eigenvalue weighted by Crippen LogP contribution is -2.36. The molecule has 1 aromatic carbocycles. The zero-order chi connectivity index (χ0) is 27.8. The summed E-state index contributed by atoms with van der Waals surface area (Å²) in [6, 6.07) is 10.6. The molecule has 0 radical (unpaired) electrons. The highest BCUT2D eigenvalue weighted by molar-refractivity contribution is 6.33. The zero-order valence-electron chi connectivity index (χ0n) is 24.1. The van der Waals surface area contributed by atoms with Gasteiger partial charge in [0, 0.05) is 49.6 Å². The van der Waals surface area contributed by atoms with E-state index in [-0.39, 0.29) is 6.04 Å². The summed E-state index contributed by atoms with van der Waals surface area (Å²) < 4.78 is 0. The number of fused-ring (bicyclic) bond motifs is 1. The molecule has 3 aliphatic rings. The van der Waals surface area contributed by atoms with Crippen LogP contribution >= 0.6 is 0 Å². The Morgan fingerprint density at radius 3 is 2.70 bits per heavy atom. The molecule has 2 aromatic rings. The molecule has 1 unspecified atom stereocenters. The summed E-state index contributed by atoms with van der Waals surface area (Å²) in [5.41, 5.74) is 9.40. The number of allylic oxidation sites excluding steroid dienone is 5. The Kier molecular flexibility index (Phi) is 9.22. The Bertz CT molecular complexity index is 1350. The first-order chi connectivity index (χ1) is 19.6. The SMILES string of the molecule is C=C(/C=C\C(=C/C)C1=NC2CC=NC(Cc3cn[nH]c3)=C2C=C1c1ccccc1)CNCC1(CC)CCCCC1. The van der Waals surface area contributed by atoms with E-state index < -0.39 is 0 Å². The summed E-state index contributed by atoms with van der Waals surface area (Å²) in [6.45, 7) is 10.7. The Balaban J connectivity index is 1.35. The fourth-order valence-electron chi connectivity index (χ4n) is 6.21. The molecular weight excluding hydrogens is 490 g/mol. The lowest BCUT2D eigenvalue weighted by Gasteiger charge is -2.36. The largest absolute Gasteiger partial charge is 0.312 e. The number of aromatic nitrogens is 2. The highest BCUT2D eigenvalue weighted by Gasteiger charge is 2.30. The van der Waals surface area contributed by atoms with Gasteiger partial charge in [-0.15, -0.1) is 0 Å². The number of aliphatic imine (C=N–C) groups is 2. The fourth-order valence-corrected chi connectivity index (χ4v) is 6.21. The first-order valence-electron chi connectivity index (χ1n) is 14.9. The number of rotatable bonds is 11. The van der Waals surface area contributed by atoms with Crippen LogP contribution < -0.4 is 5.32 Å². The number of benzene rings is 1. The average molecular weight is 534 g/mol. The minimum Gasteiger partial charge on any atom is -0.312 e. The number of dihydropyridines is 1. The van der Waals surface area contributed by atoms with Crippen molar-refractivity contribution in [3.8, 4) is 0 Å². The van der Waals surface area contributed by atoms with Crippen LogP contribution in [0.4, 0.5) is 0 Å². The van der Waals surface area contributed by atoms with Gasteiger partial charge in [0.1, 0.15) is 0 Å². The monoisotopic (exact) mass is 533 g/mol. The number of hydrogen-bond acceptors (Lipinski definition) is 4. The predicted molar refractivity (Wildman–Crippen MR) is 169 cm³/mol. The number of H-pyrrole nitrogens is 1. The van der Waals surface area contributed by atoms with Crippen molar-refractivity contribution in [2.75, 3.05) is 13.1 Å². The lowest BCUT2D eigenvalue weighted by molar-refractivity contribution is 0.176. The molecule has 0 amide bonds. The van der Waals surface area contributed by atoms with Crippen molar-refractivity contribution in [3.63, 3.8) is 0 Å². The van der Waals surface area contributed by atoms with Crippen LogP contribution in [0.1, 0.15) is 69.9 Å². The van der Waals surface area contributed by atoms with Gasteiger partial charge < -0.3 is 5.32 Å². The number of nitrogens with one attached hydrogen (secondary N) is 2. The van der Waals surface area contributed by atoms with Crippen LogP contribution in [0.15, 0.2) is 106 Å². The second kappa shape index (κ2) is 13.2. The number of hydrogen-bond donors (Lipinski definition) is 2. The molecule has 1 saturated carbocycles. The van der Waals surface area contributed by atoms with E-state index in [0.717, 1.165) is 65.2 Å². The molecule has 0 bridgehead atoms. The van der Waals surface area contributed by atoms with E-state index in [1.807, 2.05) is 18.6 Å². The van der Waals surface area contributed by atoms with Gasteiger partial charge in [0.05, 0.1) is 18.0 Å². The second-order valence-electron chi connectivity index (χ2n) is 11.4. The normalized spacial score (nSPS) is 20.9. The van der Waals surface area contributed by atoms with E-state index >= 15 is 0 Å². The minimum atomic E-state index is 0.0656. The maximum atomic E-state index is 5.34. The van der Waals surface area contributed by atoms with Gasteiger partial charge in [-0.25, -0.2) is 0 Å². The van der Waals surface area contributed by atoms with Gasteiger partial charge >= 0.3 is 0 Å². The average Bonchev–Trinajstić information content (AvgIpc) is 3.51. The van der Waals surface area contributed by atoms with Gasteiger partial charge in [-0.3, -0.25) is 15.1 Å². The summed E-state index contributed by atoms with van der Waals surface area (Å²) in [5.74, 6) is 0. The van der Waals surface area contributed by atoms with Crippen LogP contribution in [0.3, 0.4) is 0 Å². The summed E-state index contributed by atoms with van der Waals surface area (Å²) in [5, 5.41) is 10.8. The Hall–Kier alpha value is -3.57. The first-order valence-corrected chi connectivity index (χ1v) is 14.9. The van der Waals surface area contributed by atoms with Gasteiger partial charge in [0.25, 0.3) is 0 Å². The molecule has 2 aliphatic heterocycles. The summed E-state index contributed by atoms with van der Waals surface area (Å²) >= 11 is 0.